The van der Waals surface area contributed by atoms with Gasteiger partial charge in [0.25, 0.3) is 0 Å². The molecule has 1 aliphatic heterocycles. The van der Waals surface area contributed by atoms with E-state index >= 15 is 0 Å². The zero-order valence-corrected chi connectivity index (χ0v) is 11.0. The monoisotopic (exact) mass is 242 g/mol. The van der Waals surface area contributed by atoms with Crippen LogP contribution in [-0.2, 0) is 9.53 Å². The summed E-state index contributed by atoms with van der Waals surface area (Å²) in [6.45, 7) is 2.85. The molecule has 0 bridgehead atoms. The molecule has 0 saturated carbocycles. The van der Waals surface area contributed by atoms with Crippen LogP contribution in [0.15, 0.2) is 0 Å². The van der Waals surface area contributed by atoms with Gasteiger partial charge in [0.2, 0.25) is 0 Å². The molecule has 3 heteroatoms. The normalized spacial score (nSPS) is 24.1. The summed E-state index contributed by atoms with van der Waals surface area (Å²) < 4.78 is 5.49. The zero-order chi connectivity index (χ0) is 12.5. The Labute approximate surface area is 105 Å². The largest absolute Gasteiger partial charge is 0.481 e. The molecule has 1 N–H and O–H groups in total. The smallest absolute Gasteiger partial charge is 0.309 e. The van der Waals surface area contributed by atoms with E-state index in [2.05, 4.69) is 6.92 Å². The third kappa shape index (κ3) is 5.53. The van der Waals surface area contributed by atoms with Crippen molar-refractivity contribution in [1.29, 1.82) is 0 Å². The van der Waals surface area contributed by atoms with Crippen molar-refractivity contribution in [2.24, 2.45) is 5.92 Å². The maximum atomic E-state index is 10.9. The molecule has 1 heterocycles. The summed E-state index contributed by atoms with van der Waals surface area (Å²) >= 11 is 0. The Hall–Kier alpha value is -0.570. The van der Waals surface area contributed by atoms with E-state index in [1.165, 1.54) is 38.5 Å². The summed E-state index contributed by atoms with van der Waals surface area (Å²) in [6, 6.07) is 0. The number of unbranched alkanes of at least 4 members (excludes halogenated alkanes) is 6. The van der Waals surface area contributed by atoms with Crippen molar-refractivity contribution in [2.45, 2.75) is 70.8 Å². The minimum Gasteiger partial charge on any atom is -0.481 e. The Morgan fingerprint density at radius 1 is 1.18 bits per heavy atom. The van der Waals surface area contributed by atoms with Crippen molar-refractivity contribution in [1.82, 2.24) is 0 Å². The molecule has 2 unspecified atom stereocenters. The summed E-state index contributed by atoms with van der Waals surface area (Å²) in [5.41, 5.74) is 0. The van der Waals surface area contributed by atoms with Crippen LogP contribution in [0, 0.1) is 5.92 Å². The average Bonchev–Trinajstić information content (AvgIpc) is 2.76. The summed E-state index contributed by atoms with van der Waals surface area (Å²) in [6.07, 6.45) is 10.5. The van der Waals surface area contributed by atoms with E-state index < -0.39 is 5.97 Å². The van der Waals surface area contributed by atoms with E-state index in [1.807, 2.05) is 0 Å². The molecule has 0 spiro atoms. The van der Waals surface area contributed by atoms with Gasteiger partial charge >= 0.3 is 5.97 Å². The Morgan fingerprint density at radius 3 is 2.47 bits per heavy atom. The van der Waals surface area contributed by atoms with Gasteiger partial charge in [0.1, 0.15) is 0 Å². The number of aliphatic carboxylic acids is 1. The highest BCUT2D eigenvalue weighted by Gasteiger charge is 2.33. The second-order valence-electron chi connectivity index (χ2n) is 5.05. The first-order chi connectivity index (χ1) is 8.25. The lowest BCUT2D eigenvalue weighted by atomic mass is 9.96. The van der Waals surface area contributed by atoms with E-state index in [9.17, 15) is 4.79 Å². The van der Waals surface area contributed by atoms with Gasteiger partial charge in [0, 0.05) is 6.61 Å². The summed E-state index contributed by atoms with van der Waals surface area (Å²) in [7, 11) is 0. The van der Waals surface area contributed by atoms with Crippen LogP contribution in [0.2, 0.25) is 0 Å². The van der Waals surface area contributed by atoms with E-state index in [4.69, 9.17) is 9.84 Å². The third-order valence-corrected chi connectivity index (χ3v) is 3.62. The number of carboxylic acid groups (broad SMARTS) is 1. The number of hydrogen-bond acceptors (Lipinski definition) is 2. The molecule has 17 heavy (non-hydrogen) atoms. The first-order valence-electron chi connectivity index (χ1n) is 7.10. The molecule has 100 valence electrons. The molecule has 0 aliphatic carbocycles. The van der Waals surface area contributed by atoms with Crippen LogP contribution in [0.5, 0.6) is 0 Å². The molecule has 0 aromatic heterocycles. The van der Waals surface area contributed by atoms with Crippen LogP contribution in [0.25, 0.3) is 0 Å². The zero-order valence-electron chi connectivity index (χ0n) is 11.0. The molecule has 0 aromatic carbocycles. The van der Waals surface area contributed by atoms with Crippen molar-refractivity contribution < 1.29 is 14.6 Å². The lowest BCUT2D eigenvalue weighted by molar-refractivity contribution is -0.143. The van der Waals surface area contributed by atoms with Gasteiger partial charge < -0.3 is 9.84 Å². The molecular formula is C14H26O3. The van der Waals surface area contributed by atoms with E-state index in [-0.39, 0.29) is 12.0 Å². The number of hydrogen-bond donors (Lipinski definition) is 1. The summed E-state index contributed by atoms with van der Waals surface area (Å²) in [4.78, 5) is 10.9. The van der Waals surface area contributed by atoms with Crippen molar-refractivity contribution in [3.63, 3.8) is 0 Å². The van der Waals surface area contributed by atoms with Crippen molar-refractivity contribution >= 4 is 5.97 Å². The van der Waals surface area contributed by atoms with Crippen LogP contribution < -0.4 is 0 Å². The number of ether oxygens (including phenoxy) is 1. The lowest BCUT2D eigenvalue weighted by Crippen LogP contribution is -2.23. The van der Waals surface area contributed by atoms with Crippen LogP contribution in [-0.4, -0.2) is 23.8 Å². The van der Waals surface area contributed by atoms with Crippen molar-refractivity contribution in [3.8, 4) is 0 Å². The van der Waals surface area contributed by atoms with Gasteiger partial charge in [0.05, 0.1) is 12.0 Å². The van der Waals surface area contributed by atoms with Crippen LogP contribution in [0.1, 0.15) is 64.7 Å². The molecule has 1 fully saturated rings. The van der Waals surface area contributed by atoms with Gasteiger partial charge in [-0.3, -0.25) is 4.79 Å². The first-order valence-corrected chi connectivity index (χ1v) is 7.10. The Kier molecular flexibility index (Phi) is 7.25. The highest BCUT2D eigenvalue weighted by Crippen LogP contribution is 2.25. The fraction of sp³-hybridized carbons (Fsp3) is 0.929. The number of carboxylic acids is 1. The second kappa shape index (κ2) is 8.51. The molecule has 2 atom stereocenters. The molecule has 1 aliphatic rings. The SMILES string of the molecule is CCCCCCCCCC1OCCC1C(=O)O. The summed E-state index contributed by atoms with van der Waals surface area (Å²) in [5.74, 6) is -0.939. The standard InChI is InChI=1S/C14H26O3/c1-2-3-4-5-6-7-8-9-13-12(14(15)16)10-11-17-13/h12-13H,2-11H2,1H3,(H,15,16). The fourth-order valence-electron chi connectivity index (χ4n) is 2.52. The molecular weight excluding hydrogens is 216 g/mol. The van der Waals surface area contributed by atoms with Crippen molar-refractivity contribution in [2.75, 3.05) is 6.61 Å². The Morgan fingerprint density at radius 2 is 1.82 bits per heavy atom. The minimum atomic E-state index is -0.685. The van der Waals surface area contributed by atoms with Gasteiger partial charge in [-0.25, -0.2) is 0 Å². The maximum absolute atomic E-state index is 10.9. The fourth-order valence-corrected chi connectivity index (χ4v) is 2.52. The van der Waals surface area contributed by atoms with Gasteiger partial charge in [-0.05, 0) is 12.8 Å². The minimum absolute atomic E-state index is 0.0249. The maximum Gasteiger partial charge on any atom is 0.309 e. The highest BCUT2D eigenvalue weighted by atomic mass is 16.5. The quantitative estimate of drug-likeness (QED) is 0.628. The summed E-state index contributed by atoms with van der Waals surface area (Å²) in [5, 5.41) is 9.00. The molecule has 3 nitrogen and oxygen atoms in total. The third-order valence-electron chi connectivity index (χ3n) is 3.62. The predicted octanol–water partition coefficient (Wildman–Crippen LogP) is 3.62. The lowest BCUT2D eigenvalue weighted by Gasteiger charge is -2.14. The van der Waals surface area contributed by atoms with Crippen LogP contribution >= 0.6 is 0 Å². The van der Waals surface area contributed by atoms with Crippen LogP contribution in [0.3, 0.4) is 0 Å². The van der Waals surface area contributed by atoms with E-state index in [1.54, 1.807) is 0 Å². The molecule has 0 amide bonds. The Balaban J connectivity index is 2.00. The highest BCUT2D eigenvalue weighted by molar-refractivity contribution is 5.71. The first kappa shape index (κ1) is 14.5. The second-order valence-corrected chi connectivity index (χ2v) is 5.05. The van der Waals surface area contributed by atoms with Gasteiger partial charge in [-0.2, -0.15) is 0 Å². The molecule has 1 saturated heterocycles. The van der Waals surface area contributed by atoms with E-state index in [0.29, 0.717) is 13.0 Å². The Bertz CT molecular complexity index is 216. The van der Waals surface area contributed by atoms with Crippen molar-refractivity contribution in [3.05, 3.63) is 0 Å². The molecule has 1 rings (SSSR count). The van der Waals surface area contributed by atoms with Gasteiger partial charge in [0.15, 0.2) is 0 Å². The predicted molar refractivity (Wildman–Crippen MR) is 68.1 cm³/mol. The number of rotatable bonds is 9. The van der Waals surface area contributed by atoms with E-state index in [0.717, 1.165) is 12.8 Å². The number of carbonyl (C=O) groups is 1. The molecule has 0 radical (unpaired) electrons. The average molecular weight is 242 g/mol. The topological polar surface area (TPSA) is 46.5 Å². The van der Waals surface area contributed by atoms with Gasteiger partial charge in [-0.1, -0.05) is 51.9 Å². The van der Waals surface area contributed by atoms with Crippen LogP contribution in [0.4, 0.5) is 0 Å². The molecule has 0 aromatic rings. The van der Waals surface area contributed by atoms with Gasteiger partial charge in [-0.15, -0.1) is 0 Å².